The minimum Gasteiger partial charge on any atom is -0.478 e. The zero-order valence-corrected chi connectivity index (χ0v) is 11.1. The molecule has 1 saturated heterocycles. The van der Waals surface area contributed by atoms with Crippen molar-refractivity contribution in [3.05, 3.63) is 28.2 Å². The zero-order valence-electron chi connectivity index (χ0n) is 9.47. The monoisotopic (exact) mass is 313 g/mol. The van der Waals surface area contributed by atoms with Crippen molar-refractivity contribution in [2.75, 3.05) is 18.1 Å². The number of carbonyl (C=O) groups excluding carboxylic acids is 1. The highest BCUT2D eigenvalue weighted by Crippen LogP contribution is 2.32. The summed E-state index contributed by atoms with van der Waals surface area (Å²) < 4.78 is 0.666. The molecular weight excluding hydrogens is 302 g/mol. The molecule has 1 amide bonds. The van der Waals surface area contributed by atoms with Gasteiger partial charge in [-0.2, -0.15) is 0 Å². The van der Waals surface area contributed by atoms with Gasteiger partial charge < -0.3 is 15.1 Å². The third-order valence-electron chi connectivity index (χ3n) is 2.95. The highest BCUT2D eigenvalue weighted by atomic mass is 79.9. The lowest BCUT2D eigenvalue weighted by Crippen LogP contribution is -2.25. The minimum absolute atomic E-state index is 0.0432. The van der Waals surface area contributed by atoms with E-state index in [4.69, 9.17) is 10.2 Å². The maximum atomic E-state index is 11.8. The molecule has 1 aromatic carbocycles. The summed E-state index contributed by atoms with van der Waals surface area (Å²) in [4.78, 5) is 24.3. The van der Waals surface area contributed by atoms with Crippen molar-refractivity contribution in [2.45, 2.75) is 6.42 Å². The van der Waals surface area contributed by atoms with Gasteiger partial charge in [0.15, 0.2) is 0 Å². The highest BCUT2D eigenvalue weighted by molar-refractivity contribution is 9.10. The number of hydrogen-bond acceptors (Lipinski definition) is 3. The van der Waals surface area contributed by atoms with Crippen molar-refractivity contribution in [1.82, 2.24) is 0 Å². The SMILES string of the molecule is O=C(O)c1ccc(Br)c(N2CC(CO)CC2=O)c1. The molecule has 1 aliphatic heterocycles. The average Bonchev–Trinajstić information content (AvgIpc) is 2.71. The molecule has 1 atom stereocenters. The van der Waals surface area contributed by atoms with E-state index >= 15 is 0 Å². The van der Waals surface area contributed by atoms with Crippen molar-refractivity contribution in [2.24, 2.45) is 5.92 Å². The van der Waals surface area contributed by atoms with Crippen LogP contribution in [0.5, 0.6) is 0 Å². The highest BCUT2D eigenvalue weighted by Gasteiger charge is 2.31. The van der Waals surface area contributed by atoms with Crippen LogP contribution in [0.1, 0.15) is 16.8 Å². The van der Waals surface area contributed by atoms with Crippen LogP contribution in [0.3, 0.4) is 0 Å². The topological polar surface area (TPSA) is 77.8 Å². The first-order chi connectivity index (χ1) is 8.52. The predicted molar refractivity (Wildman–Crippen MR) is 68.6 cm³/mol. The lowest BCUT2D eigenvalue weighted by Gasteiger charge is -2.18. The third kappa shape index (κ3) is 2.39. The first kappa shape index (κ1) is 13.0. The molecule has 5 nitrogen and oxygen atoms in total. The van der Waals surface area contributed by atoms with E-state index in [1.165, 1.54) is 17.0 Å². The number of aliphatic hydroxyl groups excluding tert-OH is 1. The fourth-order valence-electron chi connectivity index (χ4n) is 1.99. The first-order valence-electron chi connectivity index (χ1n) is 5.47. The Labute approximate surface area is 112 Å². The summed E-state index contributed by atoms with van der Waals surface area (Å²) in [5.41, 5.74) is 0.671. The third-order valence-corrected chi connectivity index (χ3v) is 3.62. The van der Waals surface area contributed by atoms with Crippen LogP contribution in [-0.4, -0.2) is 35.2 Å². The van der Waals surface area contributed by atoms with Gasteiger partial charge in [-0.15, -0.1) is 0 Å². The van der Waals surface area contributed by atoms with Crippen LogP contribution in [0.25, 0.3) is 0 Å². The number of hydrogen-bond donors (Lipinski definition) is 2. The molecule has 0 bridgehead atoms. The van der Waals surface area contributed by atoms with Crippen LogP contribution in [0, 0.1) is 5.92 Å². The molecule has 0 aromatic heterocycles. The van der Waals surface area contributed by atoms with Gasteiger partial charge in [-0.05, 0) is 34.1 Å². The number of carboxylic acids is 1. The number of anilines is 1. The Kier molecular flexibility index (Phi) is 3.68. The molecule has 0 aliphatic carbocycles. The molecule has 96 valence electrons. The number of carboxylic acid groups (broad SMARTS) is 1. The molecule has 1 fully saturated rings. The minimum atomic E-state index is -1.03. The summed E-state index contributed by atoms with van der Waals surface area (Å²) in [7, 11) is 0. The van der Waals surface area contributed by atoms with Crippen molar-refractivity contribution in [3.8, 4) is 0 Å². The van der Waals surface area contributed by atoms with Gasteiger partial charge in [0.2, 0.25) is 5.91 Å². The van der Waals surface area contributed by atoms with E-state index in [1.54, 1.807) is 6.07 Å². The van der Waals surface area contributed by atoms with Gasteiger partial charge in [-0.1, -0.05) is 0 Å². The van der Waals surface area contributed by atoms with Crippen molar-refractivity contribution >= 4 is 33.5 Å². The van der Waals surface area contributed by atoms with E-state index in [0.717, 1.165) is 0 Å². The Morgan fingerprint density at radius 1 is 1.50 bits per heavy atom. The van der Waals surface area contributed by atoms with E-state index < -0.39 is 5.97 Å². The number of nitrogens with zero attached hydrogens (tertiary/aromatic N) is 1. The Balaban J connectivity index is 2.35. The fraction of sp³-hybridized carbons (Fsp3) is 0.333. The molecule has 2 N–H and O–H groups in total. The number of rotatable bonds is 3. The van der Waals surface area contributed by atoms with E-state index in [-0.39, 0.29) is 24.0 Å². The van der Waals surface area contributed by atoms with Gasteiger partial charge in [0.1, 0.15) is 0 Å². The van der Waals surface area contributed by atoms with Crippen LogP contribution >= 0.6 is 15.9 Å². The summed E-state index contributed by atoms with van der Waals surface area (Å²) in [6.07, 6.45) is 0.292. The molecule has 1 unspecified atom stereocenters. The molecule has 1 aromatic rings. The van der Waals surface area contributed by atoms with E-state index in [2.05, 4.69) is 15.9 Å². The van der Waals surface area contributed by atoms with E-state index in [0.29, 0.717) is 23.1 Å². The fourth-order valence-corrected chi connectivity index (χ4v) is 2.45. The molecule has 1 aliphatic rings. The quantitative estimate of drug-likeness (QED) is 0.886. The summed E-state index contributed by atoms with van der Waals surface area (Å²) in [5.74, 6) is -1.22. The normalized spacial score (nSPS) is 19.3. The molecule has 6 heteroatoms. The molecule has 0 saturated carbocycles. The van der Waals surface area contributed by atoms with E-state index in [1.807, 2.05) is 0 Å². The van der Waals surface area contributed by atoms with Crippen molar-refractivity contribution in [3.63, 3.8) is 0 Å². The number of amides is 1. The first-order valence-corrected chi connectivity index (χ1v) is 6.26. The molecule has 18 heavy (non-hydrogen) atoms. The summed E-state index contributed by atoms with van der Waals surface area (Å²) >= 11 is 3.31. The van der Waals surface area contributed by atoms with Crippen LogP contribution in [0.15, 0.2) is 22.7 Å². The maximum absolute atomic E-state index is 11.8. The maximum Gasteiger partial charge on any atom is 0.335 e. The molecule has 2 rings (SSSR count). The number of aromatic carboxylic acids is 1. The van der Waals surface area contributed by atoms with Crippen LogP contribution in [-0.2, 0) is 4.79 Å². The summed E-state index contributed by atoms with van der Waals surface area (Å²) in [5, 5.41) is 18.0. The number of halogens is 1. The second kappa shape index (κ2) is 5.07. The standard InChI is InChI=1S/C12H12BrNO4/c13-9-2-1-8(12(17)18)4-10(9)14-5-7(6-15)3-11(14)16/h1-2,4,7,15H,3,5-6H2,(H,17,18). The molecular formula is C12H12BrNO4. The van der Waals surface area contributed by atoms with E-state index in [9.17, 15) is 9.59 Å². The van der Waals surface area contributed by atoms with Gasteiger partial charge in [-0.3, -0.25) is 4.79 Å². The Hall–Kier alpha value is -1.40. The van der Waals surface area contributed by atoms with Crippen molar-refractivity contribution in [1.29, 1.82) is 0 Å². The van der Waals surface area contributed by atoms with Crippen LogP contribution < -0.4 is 4.90 Å². The average molecular weight is 314 g/mol. The second-order valence-electron chi connectivity index (χ2n) is 4.23. The summed E-state index contributed by atoms with van der Waals surface area (Å²) in [6.45, 7) is 0.371. The van der Waals surface area contributed by atoms with Crippen molar-refractivity contribution < 1.29 is 19.8 Å². The lowest BCUT2D eigenvalue weighted by molar-refractivity contribution is -0.117. The smallest absolute Gasteiger partial charge is 0.335 e. The van der Waals surface area contributed by atoms with Gasteiger partial charge in [0.05, 0.1) is 11.3 Å². The molecule has 0 radical (unpaired) electrons. The Morgan fingerprint density at radius 3 is 2.78 bits per heavy atom. The van der Waals surface area contributed by atoms with Gasteiger partial charge in [0.25, 0.3) is 0 Å². The predicted octanol–water partition coefficient (Wildman–Crippen LogP) is 1.49. The molecule has 0 spiro atoms. The number of aliphatic hydroxyl groups is 1. The van der Waals surface area contributed by atoms with Crippen LogP contribution in [0.4, 0.5) is 5.69 Å². The number of carbonyl (C=O) groups is 2. The number of benzene rings is 1. The zero-order chi connectivity index (χ0) is 13.3. The van der Waals surface area contributed by atoms with Gasteiger partial charge >= 0.3 is 5.97 Å². The Bertz CT molecular complexity index is 503. The summed E-state index contributed by atoms with van der Waals surface area (Å²) in [6, 6.07) is 4.54. The van der Waals surface area contributed by atoms with Crippen LogP contribution in [0.2, 0.25) is 0 Å². The Morgan fingerprint density at radius 2 is 2.22 bits per heavy atom. The largest absolute Gasteiger partial charge is 0.478 e. The lowest BCUT2D eigenvalue weighted by atomic mass is 10.1. The van der Waals surface area contributed by atoms with Gasteiger partial charge in [0, 0.05) is 30.0 Å². The van der Waals surface area contributed by atoms with Gasteiger partial charge in [-0.25, -0.2) is 4.79 Å². The molecule has 1 heterocycles. The second-order valence-corrected chi connectivity index (χ2v) is 5.08.